The second-order valence-corrected chi connectivity index (χ2v) is 5.71. The van der Waals surface area contributed by atoms with Gasteiger partial charge in [0.05, 0.1) is 5.02 Å². The fourth-order valence-electron chi connectivity index (χ4n) is 2.48. The molecule has 1 aromatic heterocycles. The lowest BCUT2D eigenvalue weighted by Gasteiger charge is -2.38. The fraction of sp³-hybridized carbons (Fsp3) is 0.333. The normalized spacial score (nSPS) is 30.2. The minimum Gasteiger partial charge on any atom is -0.479 e. The molecular weight excluding hydrogens is 342 g/mol. The van der Waals surface area contributed by atoms with E-state index in [4.69, 9.17) is 26.2 Å². The second kappa shape index (κ2) is 6.50. The van der Waals surface area contributed by atoms with Crippen molar-refractivity contribution in [3.63, 3.8) is 0 Å². The number of hydrogen-bond acceptors (Lipinski definition) is 7. The van der Waals surface area contributed by atoms with Gasteiger partial charge in [0.1, 0.15) is 29.6 Å². The highest BCUT2D eigenvalue weighted by Gasteiger charge is 2.48. The molecule has 2 heterocycles. The van der Waals surface area contributed by atoms with Crippen LogP contribution in [-0.2, 0) is 9.53 Å². The molecule has 24 heavy (non-hydrogen) atoms. The summed E-state index contributed by atoms with van der Waals surface area (Å²) in [5, 5.41) is 39.6. The number of fused-ring (bicyclic) bond motifs is 1. The minimum absolute atomic E-state index is 0.187. The number of aliphatic carboxylic acids is 1. The molecule has 3 rings (SSSR count). The van der Waals surface area contributed by atoms with E-state index < -0.39 is 36.7 Å². The van der Waals surface area contributed by atoms with Gasteiger partial charge in [-0.05, 0) is 24.3 Å². The Hall–Kier alpha value is -1.97. The maximum Gasteiger partial charge on any atom is 0.335 e. The van der Waals surface area contributed by atoms with Crippen LogP contribution in [0.2, 0.25) is 5.02 Å². The van der Waals surface area contributed by atoms with Gasteiger partial charge in [-0.2, -0.15) is 0 Å². The standard InChI is InChI=1S/C15H14ClNO7/c16-7-3-4-8(9-6(7)2-1-5-17-9)23-15-12(20)10(18)11(19)13(24-15)14(21)22/h1-5,10-13,15,18-20H,(H,21,22)/t10-,11-,12+,13-,15+/m0/s1. The smallest absolute Gasteiger partial charge is 0.335 e. The Morgan fingerprint density at radius 3 is 2.62 bits per heavy atom. The number of pyridine rings is 1. The lowest BCUT2D eigenvalue weighted by molar-refractivity contribution is -0.270. The van der Waals surface area contributed by atoms with Gasteiger partial charge >= 0.3 is 5.97 Å². The Bertz CT molecular complexity index is 771. The summed E-state index contributed by atoms with van der Waals surface area (Å²) in [5.74, 6) is -1.30. The third kappa shape index (κ3) is 2.90. The third-order valence-electron chi connectivity index (χ3n) is 3.74. The van der Waals surface area contributed by atoms with Gasteiger partial charge in [0, 0.05) is 11.6 Å². The lowest BCUT2D eigenvalue weighted by atomic mass is 9.99. The molecule has 1 aromatic carbocycles. The largest absolute Gasteiger partial charge is 0.479 e. The van der Waals surface area contributed by atoms with E-state index in [1.807, 2.05) is 0 Å². The summed E-state index contributed by atoms with van der Waals surface area (Å²) in [6, 6.07) is 6.44. The molecule has 1 fully saturated rings. The van der Waals surface area contributed by atoms with Crippen LogP contribution in [0.25, 0.3) is 10.9 Å². The summed E-state index contributed by atoms with van der Waals surface area (Å²) in [6.45, 7) is 0. The number of carboxylic acids is 1. The predicted octanol–water partition coefficient (Wildman–Crippen LogP) is 0.159. The van der Waals surface area contributed by atoms with E-state index in [2.05, 4.69) is 4.98 Å². The number of aliphatic hydroxyl groups excluding tert-OH is 3. The third-order valence-corrected chi connectivity index (χ3v) is 4.07. The van der Waals surface area contributed by atoms with Crippen molar-refractivity contribution in [3.8, 4) is 5.75 Å². The monoisotopic (exact) mass is 355 g/mol. The highest BCUT2D eigenvalue weighted by atomic mass is 35.5. The molecule has 0 spiro atoms. The Morgan fingerprint density at radius 1 is 1.17 bits per heavy atom. The predicted molar refractivity (Wildman–Crippen MR) is 81.7 cm³/mol. The SMILES string of the molecule is O=C(O)[C@H]1O[C@@H](Oc2ccc(Cl)c3cccnc23)[C@H](O)[C@@H](O)[C@@H]1O. The molecule has 5 atom stereocenters. The molecule has 8 nitrogen and oxygen atoms in total. The van der Waals surface area contributed by atoms with Crippen LogP contribution in [0.5, 0.6) is 5.75 Å². The van der Waals surface area contributed by atoms with Gasteiger partial charge in [-0.1, -0.05) is 11.6 Å². The number of aliphatic hydroxyl groups is 3. The molecule has 0 bridgehead atoms. The first-order valence-electron chi connectivity index (χ1n) is 7.02. The first-order chi connectivity index (χ1) is 11.4. The van der Waals surface area contributed by atoms with Crippen LogP contribution >= 0.6 is 11.6 Å². The summed E-state index contributed by atoms with van der Waals surface area (Å²) < 4.78 is 10.6. The highest BCUT2D eigenvalue weighted by molar-refractivity contribution is 6.35. The van der Waals surface area contributed by atoms with Crippen LogP contribution < -0.4 is 4.74 Å². The molecule has 128 valence electrons. The first-order valence-corrected chi connectivity index (χ1v) is 7.40. The van der Waals surface area contributed by atoms with Crippen LogP contribution in [0, 0.1) is 0 Å². The van der Waals surface area contributed by atoms with Crippen molar-refractivity contribution in [2.75, 3.05) is 0 Å². The Morgan fingerprint density at radius 2 is 1.92 bits per heavy atom. The van der Waals surface area contributed by atoms with Crippen molar-refractivity contribution in [2.24, 2.45) is 0 Å². The van der Waals surface area contributed by atoms with Gasteiger partial charge in [-0.3, -0.25) is 4.98 Å². The molecule has 1 saturated heterocycles. The van der Waals surface area contributed by atoms with Gasteiger partial charge in [-0.15, -0.1) is 0 Å². The molecule has 0 saturated carbocycles. The van der Waals surface area contributed by atoms with E-state index >= 15 is 0 Å². The van der Waals surface area contributed by atoms with Crippen LogP contribution in [0.1, 0.15) is 0 Å². The van der Waals surface area contributed by atoms with Crippen molar-refractivity contribution < 1.29 is 34.7 Å². The molecule has 1 aliphatic heterocycles. The zero-order valence-electron chi connectivity index (χ0n) is 12.1. The summed E-state index contributed by atoms with van der Waals surface area (Å²) in [6.07, 6.45) is -6.89. The van der Waals surface area contributed by atoms with Crippen LogP contribution in [0.15, 0.2) is 30.5 Å². The topological polar surface area (TPSA) is 129 Å². The van der Waals surface area contributed by atoms with E-state index in [-0.39, 0.29) is 5.75 Å². The van der Waals surface area contributed by atoms with Crippen molar-refractivity contribution >= 4 is 28.5 Å². The second-order valence-electron chi connectivity index (χ2n) is 5.30. The van der Waals surface area contributed by atoms with Crippen molar-refractivity contribution in [1.82, 2.24) is 4.98 Å². The maximum absolute atomic E-state index is 11.1. The summed E-state index contributed by atoms with van der Waals surface area (Å²) >= 11 is 6.08. The van der Waals surface area contributed by atoms with E-state index in [9.17, 15) is 20.1 Å². The number of carboxylic acid groups (broad SMARTS) is 1. The van der Waals surface area contributed by atoms with Gasteiger partial charge in [-0.25, -0.2) is 4.79 Å². The Balaban J connectivity index is 1.93. The number of hydrogen-bond donors (Lipinski definition) is 4. The molecular formula is C15H14ClNO7. The molecule has 4 N–H and O–H groups in total. The molecule has 2 aromatic rings. The summed E-state index contributed by atoms with van der Waals surface area (Å²) in [7, 11) is 0. The van der Waals surface area contributed by atoms with Crippen LogP contribution in [-0.4, -0.2) is 62.1 Å². The lowest BCUT2D eigenvalue weighted by Crippen LogP contribution is -2.61. The van der Waals surface area contributed by atoms with E-state index in [0.29, 0.717) is 15.9 Å². The average Bonchev–Trinajstić information content (AvgIpc) is 2.57. The first kappa shape index (κ1) is 16.9. The van der Waals surface area contributed by atoms with Crippen molar-refractivity contribution in [2.45, 2.75) is 30.7 Å². The quantitative estimate of drug-likeness (QED) is 0.612. The van der Waals surface area contributed by atoms with Crippen LogP contribution in [0.3, 0.4) is 0 Å². The Labute approximate surface area is 140 Å². The van der Waals surface area contributed by atoms with Gasteiger partial charge in [0.2, 0.25) is 6.29 Å². The van der Waals surface area contributed by atoms with E-state index in [0.717, 1.165) is 0 Å². The van der Waals surface area contributed by atoms with Crippen molar-refractivity contribution in [1.29, 1.82) is 0 Å². The molecule has 0 unspecified atom stereocenters. The maximum atomic E-state index is 11.1. The van der Waals surface area contributed by atoms with Gasteiger partial charge < -0.3 is 29.9 Å². The van der Waals surface area contributed by atoms with E-state index in [1.165, 1.54) is 12.3 Å². The number of aromatic nitrogens is 1. The molecule has 9 heteroatoms. The molecule has 0 radical (unpaired) electrons. The van der Waals surface area contributed by atoms with E-state index in [1.54, 1.807) is 18.2 Å². The van der Waals surface area contributed by atoms with Crippen LogP contribution in [0.4, 0.5) is 0 Å². The minimum atomic E-state index is -1.78. The number of halogens is 1. The zero-order valence-corrected chi connectivity index (χ0v) is 12.9. The number of carbonyl (C=O) groups is 1. The number of nitrogens with zero attached hydrogens (tertiary/aromatic N) is 1. The van der Waals surface area contributed by atoms with Gasteiger partial charge in [0.15, 0.2) is 6.10 Å². The summed E-state index contributed by atoms with van der Waals surface area (Å²) in [5.41, 5.74) is 0.383. The average molecular weight is 356 g/mol. The molecule has 0 amide bonds. The zero-order chi connectivity index (χ0) is 17.4. The number of rotatable bonds is 3. The number of benzene rings is 1. The molecule has 1 aliphatic rings. The van der Waals surface area contributed by atoms with Gasteiger partial charge in [0.25, 0.3) is 0 Å². The van der Waals surface area contributed by atoms with Crippen molar-refractivity contribution in [3.05, 3.63) is 35.5 Å². The Kier molecular flexibility index (Phi) is 4.57. The molecule has 0 aliphatic carbocycles. The highest BCUT2D eigenvalue weighted by Crippen LogP contribution is 2.32. The fourth-order valence-corrected chi connectivity index (χ4v) is 2.70. The summed E-state index contributed by atoms with van der Waals surface area (Å²) in [4.78, 5) is 15.3. The number of ether oxygens (including phenoxy) is 2.